The maximum atomic E-state index is 12.8. The van der Waals surface area contributed by atoms with E-state index in [1.807, 2.05) is 30.3 Å². The molecule has 1 aliphatic heterocycles. The summed E-state index contributed by atoms with van der Waals surface area (Å²) in [4.78, 5) is 37.2. The van der Waals surface area contributed by atoms with E-state index in [0.717, 1.165) is 12.0 Å². The number of piperidine rings is 1. The highest BCUT2D eigenvalue weighted by molar-refractivity contribution is 5.98. The molecule has 1 saturated heterocycles. The number of pyridine rings is 1. The molecule has 136 valence electrons. The zero-order valence-electron chi connectivity index (χ0n) is 14.8. The summed E-state index contributed by atoms with van der Waals surface area (Å²) in [5, 5.41) is 5.43. The van der Waals surface area contributed by atoms with Crippen LogP contribution in [0, 0.1) is 6.92 Å². The van der Waals surface area contributed by atoms with Gasteiger partial charge in [-0.25, -0.2) is 0 Å². The second kappa shape index (κ2) is 7.99. The van der Waals surface area contributed by atoms with Crippen molar-refractivity contribution >= 4 is 11.8 Å². The van der Waals surface area contributed by atoms with Gasteiger partial charge in [-0.2, -0.15) is 0 Å². The van der Waals surface area contributed by atoms with E-state index in [2.05, 4.69) is 10.6 Å². The molecule has 1 atom stereocenters. The molecule has 0 bridgehead atoms. The maximum Gasteiger partial charge on any atom is 0.263 e. The zero-order chi connectivity index (χ0) is 18.5. The molecule has 0 radical (unpaired) electrons. The third-order valence-electron chi connectivity index (χ3n) is 4.68. The van der Waals surface area contributed by atoms with E-state index in [1.54, 1.807) is 23.8 Å². The second-order valence-corrected chi connectivity index (χ2v) is 6.57. The number of nitrogens with one attached hydrogen (secondary N) is 2. The van der Waals surface area contributed by atoms with Crippen LogP contribution in [0.4, 0.5) is 0 Å². The SMILES string of the molecule is Cc1ccn(CCc2ccccc2)c(=O)c1C(=O)NC1CCCNC1=O. The second-order valence-electron chi connectivity index (χ2n) is 6.57. The van der Waals surface area contributed by atoms with Crippen LogP contribution in [0.3, 0.4) is 0 Å². The van der Waals surface area contributed by atoms with Crippen molar-refractivity contribution in [1.29, 1.82) is 0 Å². The van der Waals surface area contributed by atoms with E-state index in [-0.39, 0.29) is 17.0 Å². The Balaban J connectivity index is 1.77. The van der Waals surface area contributed by atoms with Crippen LogP contribution >= 0.6 is 0 Å². The minimum absolute atomic E-state index is 0.110. The monoisotopic (exact) mass is 353 g/mol. The molecule has 6 nitrogen and oxygen atoms in total. The molecule has 1 aromatic carbocycles. The Morgan fingerprint density at radius 2 is 2.00 bits per heavy atom. The van der Waals surface area contributed by atoms with Gasteiger partial charge >= 0.3 is 0 Å². The lowest BCUT2D eigenvalue weighted by molar-refractivity contribution is -0.124. The Morgan fingerprint density at radius 1 is 1.23 bits per heavy atom. The van der Waals surface area contributed by atoms with Crippen molar-refractivity contribution in [2.75, 3.05) is 6.54 Å². The van der Waals surface area contributed by atoms with Crippen molar-refractivity contribution in [3.8, 4) is 0 Å². The summed E-state index contributed by atoms with van der Waals surface area (Å²) in [5.74, 6) is -0.675. The number of benzene rings is 1. The van der Waals surface area contributed by atoms with Crippen LogP contribution in [0.1, 0.15) is 34.3 Å². The van der Waals surface area contributed by atoms with Gasteiger partial charge in [-0.05, 0) is 43.4 Å². The first-order chi connectivity index (χ1) is 12.6. The Kier molecular flexibility index (Phi) is 5.51. The maximum absolute atomic E-state index is 12.8. The fourth-order valence-corrected chi connectivity index (χ4v) is 3.15. The summed E-state index contributed by atoms with van der Waals surface area (Å²) >= 11 is 0. The summed E-state index contributed by atoms with van der Waals surface area (Å²) in [6, 6.07) is 11.1. The van der Waals surface area contributed by atoms with Crippen molar-refractivity contribution in [3.63, 3.8) is 0 Å². The number of carbonyl (C=O) groups excluding carboxylic acids is 2. The molecular formula is C20H23N3O3. The van der Waals surface area contributed by atoms with Crippen LogP contribution < -0.4 is 16.2 Å². The van der Waals surface area contributed by atoms with E-state index >= 15 is 0 Å². The van der Waals surface area contributed by atoms with Crippen LogP contribution in [0.2, 0.25) is 0 Å². The standard InChI is InChI=1S/C20H23N3O3/c1-14-9-12-23(13-10-15-6-3-2-4-7-15)20(26)17(14)19(25)22-16-8-5-11-21-18(16)24/h2-4,6-7,9,12,16H,5,8,10-11,13H2,1H3,(H,21,24)(H,22,25). The average Bonchev–Trinajstić information content (AvgIpc) is 2.64. The topological polar surface area (TPSA) is 80.2 Å². The van der Waals surface area contributed by atoms with Gasteiger partial charge in [-0.3, -0.25) is 14.4 Å². The Labute approximate surface area is 152 Å². The average molecular weight is 353 g/mol. The van der Waals surface area contributed by atoms with E-state index in [9.17, 15) is 14.4 Å². The third-order valence-corrected chi connectivity index (χ3v) is 4.68. The summed E-state index contributed by atoms with van der Waals surface area (Å²) in [7, 11) is 0. The highest BCUT2D eigenvalue weighted by Crippen LogP contribution is 2.08. The van der Waals surface area contributed by atoms with Gasteiger partial charge in [0.15, 0.2) is 0 Å². The van der Waals surface area contributed by atoms with Gasteiger partial charge in [-0.1, -0.05) is 30.3 Å². The summed E-state index contributed by atoms with van der Waals surface area (Å²) in [6.07, 6.45) is 3.82. The van der Waals surface area contributed by atoms with E-state index in [1.165, 1.54) is 0 Å². The number of amides is 2. The predicted octanol–water partition coefficient (Wildman–Crippen LogP) is 1.41. The molecule has 26 heavy (non-hydrogen) atoms. The third kappa shape index (κ3) is 4.02. The van der Waals surface area contributed by atoms with Crippen LogP contribution in [0.5, 0.6) is 0 Å². The molecule has 6 heteroatoms. The lowest BCUT2D eigenvalue weighted by Gasteiger charge is -2.23. The summed E-state index contributed by atoms with van der Waals surface area (Å²) in [6.45, 7) is 2.86. The van der Waals surface area contributed by atoms with Crippen LogP contribution in [-0.4, -0.2) is 29.0 Å². The number of aryl methyl sites for hydroxylation is 3. The molecule has 2 N–H and O–H groups in total. The molecule has 1 fully saturated rings. The summed E-state index contributed by atoms with van der Waals surface area (Å²) < 4.78 is 1.55. The van der Waals surface area contributed by atoms with Gasteiger partial charge in [0, 0.05) is 19.3 Å². The van der Waals surface area contributed by atoms with Crippen molar-refractivity contribution in [3.05, 3.63) is 69.6 Å². The normalized spacial score (nSPS) is 16.8. The molecule has 1 aromatic heterocycles. The Hall–Kier alpha value is -2.89. The molecule has 2 amide bonds. The van der Waals surface area contributed by atoms with Gasteiger partial charge in [0.1, 0.15) is 11.6 Å². The Morgan fingerprint density at radius 3 is 2.73 bits per heavy atom. The fourth-order valence-electron chi connectivity index (χ4n) is 3.15. The van der Waals surface area contributed by atoms with Crippen molar-refractivity contribution in [1.82, 2.24) is 15.2 Å². The van der Waals surface area contributed by atoms with E-state index < -0.39 is 11.9 Å². The number of rotatable bonds is 5. The molecule has 3 rings (SSSR count). The fraction of sp³-hybridized carbons (Fsp3) is 0.350. The number of nitrogens with zero attached hydrogens (tertiary/aromatic N) is 1. The van der Waals surface area contributed by atoms with Gasteiger partial charge in [0.05, 0.1) is 0 Å². The van der Waals surface area contributed by atoms with E-state index in [4.69, 9.17) is 0 Å². The minimum atomic E-state index is -0.576. The highest BCUT2D eigenvalue weighted by atomic mass is 16.2. The lowest BCUT2D eigenvalue weighted by atomic mass is 10.1. The Bertz CT molecular complexity index is 858. The zero-order valence-corrected chi connectivity index (χ0v) is 14.8. The van der Waals surface area contributed by atoms with Gasteiger partial charge in [0.25, 0.3) is 11.5 Å². The lowest BCUT2D eigenvalue weighted by Crippen LogP contribution is -2.51. The van der Waals surface area contributed by atoms with Crippen LogP contribution in [0.15, 0.2) is 47.4 Å². The van der Waals surface area contributed by atoms with Crippen LogP contribution in [-0.2, 0) is 17.8 Å². The minimum Gasteiger partial charge on any atom is -0.354 e. The molecule has 1 aliphatic rings. The smallest absolute Gasteiger partial charge is 0.263 e. The summed E-state index contributed by atoms with van der Waals surface area (Å²) in [5.41, 5.74) is 1.53. The molecule has 2 heterocycles. The van der Waals surface area contributed by atoms with Gasteiger partial charge < -0.3 is 15.2 Å². The predicted molar refractivity (Wildman–Crippen MR) is 99.1 cm³/mol. The largest absolute Gasteiger partial charge is 0.354 e. The molecule has 1 unspecified atom stereocenters. The van der Waals surface area contributed by atoms with Gasteiger partial charge in [-0.15, -0.1) is 0 Å². The first-order valence-electron chi connectivity index (χ1n) is 8.89. The molecule has 0 spiro atoms. The first kappa shape index (κ1) is 17.9. The molecule has 0 aliphatic carbocycles. The van der Waals surface area contributed by atoms with Crippen molar-refractivity contribution in [2.45, 2.75) is 38.8 Å². The number of hydrogen-bond donors (Lipinski definition) is 2. The van der Waals surface area contributed by atoms with Crippen molar-refractivity contribution < 1.29 is 9.59 Å². The van der Waals surface area contributed by atoms with Crippen LogP contribution in [0.25, 0.3) is 0 Å². The number of hydrogen-bond acceptors (Lipinski definition) is 3. The quantitative estimate of drug-likeness (QED) is 0.853. The van der Waals surface area contributed by atoms with E-state index in [0.29, 0.717) is 31.5 Å². The van der Waals surface area contributed by atoms with Crippen molar-refractivity contribution in [2.24, 2.45) is 0 Å². The number of carbonyl (C=O) groups is 2. The first-order valence-corrected chi connectivity index (χ1v) is 8.89. The molecule has 2 aromatic rings. The highest BCUT2D eigenvalue weighted by Gasteiger charge is 2.26. The number of aromatic nitrogens is 1. The molecular weight excluding hydrogens is 330 g/mol. The molecule has 0 saturated carbocycles. The van der Waals surface area contributed by atoms with Gasteiger partial charge in [0.2, 0.25) is 5.91 Å².